The van der Waals surface area contributed by atoms with E-state index in [1.165, 1.54) is 46.1 Å². The molecule has 3 heterocycles. The van der Waals surface area contributed by atoms with Crippen molar-refractivity contribution >= 4 is 10.9 Å². The number of benzene rings is 1. The number of hydrogen-bond acceptors (Lipinski definition) is 2. The van der Waals surface area contributed by atoms with Crippen molar-refractivity contribution in [1.82, 2.24) is 15.3 Å². The summed E-state index contributed by atoms with van der Waals surface area (Å²) >= 11 is 0. The van der Waals surface area contributed by atoms with Gasteiger partial charge in [0.15, 0.2) is 0 Å². The van der Waals surface area contributed by atoms with Crippen LogP contribution in [0.5, 0.6) is 0 Å². The molecule has 2 N–H and O–H groups in total. The molecule has 0 radical (unpaired) electrons. The molecule has 0 aliphatic carbocycles. The lowest BCUT2D eigenvalue weighted by Crippen LogP contribution is -2.27. The fourth-order valence-electron chi connectivity index (χ4n) is 4.06. The van der Waals surface area contributed by atoms with Crippen LogP contribution in [-0.2, 0) is 0 Å². The summed E-state index contributed by atoms with van der Waals surface area (Å²) in [5.74, 6) is 0.660. The number of nitrogens with zero attached hydrogens (tertiary/aromatic N) is 1. The number of fused-ring (bicyclic) bond motifs is 1. The topological polar surface area (TPSA) is 40.7 Å². The lowest BCUT2D eigenvalue weighted by molar-refractivity contribution is 0.454. The maximum Gasteiger partial charge on any atom is 0.0465 e. The van der Waals surface area contributed by atoms with Crippen molar-refractivity contribution in [2.45, 2.75) is 39.5 Å². The van der Waals surface area contributed by atoms with Crippen molar-refractivity contribution in [3.63, 3.8) is 0 Å². The summed E-state index contributed by atoms with van der Waals surface area (Å²) in [5, 5.41) is 4.82. The van der Waals surface area contributed by atoms with Gasteiger partial charge in [0.05, 0.1) is 0 Å². The Labute approximate surface area is 143 Å². The van der Waals surface area contributed by atoms with E-state index in [0.717, 1.165) is 24.5 Å². The van der Waals surface area contributed by atoms with Crippen LogP contribution in [0.1, 0.15) is 41.4 Å². The van der Waals surface area contributed by atoms with E-state index in [-0.39, 0.29) is 0 Å². The maximum absolute atomic E-state index is 4.49. The molecule has 1 saturated heterocycles. The smallest absolute Gasteiger partial charge is 0.0465 e. The van der Waals surface area contributed by atoms with Crippen molar-refractivity contribution < 1.29 is 0 Å². The number of piperidine rings is 1. The van der Waals surface area contributed by atoms with Crippen LogP contribution >= 0.6 is 0 Å². The van der Waals surface area contributed by atoms with Crippen LogP contribution in [-0.4, -0.2) is 23.1 Å². The average molecular weight is 319 g/mol. The van der Waals surface area contributed by atoms with Gasteiger partial charge < -0.3 is 10.3 Å². The molecule has 0 saturated carbocycles. The Morgan fingerprint density at radius 3 is 2.33 bits per heavy atom. The van der Waals surface area contributed by atoms with Crippen molar-refractivity contribution in [2.24, 2.45) is 0 Å². The molecular weight excluding hydrogens is 294 g/mol. The first kappa shape index (κ1) is 15.4. The first-order valence-corrected chi connectivity index (χ1v) is 8.90. The van der Waals surface area contributed by atoms with Crippen LogP contribution in [0.25, 0.3) is 22.0 Å². The number of aromatic amines is 1. The second kappa shape index (κ2) is 6.06. The summed E-state index contributed by atoms with van der Waals surface area (Å²) in [6, 6.07) is 11.1. The Morgan fingerprint density at radius 2 is 1.62 bits per heavy atom. The second-order valence-corrected chi connectivity index (χ2v) is 7.09. The van der Waals surface area contributed by atoms with Crippen molar-refractivity contribution in [1.29, 1.82) is 0 Å². The van der Waals surface area contributed by atoms with E-state index in [2.05, 4.69) is 66.4 Å². The van der Waals surface area contributed by atoms with Gasteiger partial charge in [0.2, 0.25) is 0 Å². The van der Waals surface area contributed by atoms with Crippen molar-refractivity contribution in [3.8, 4) is 11.1 Å². The molecule has 3 aromatic rings. The zero-order valence-corrected chi connectivity index (χ0v) is 14.7. The second-order valence-electron chi connectivity index (χ2n) is 7.09. The monoisotopic (exact) mass is 319 g/mol. The molecule has 4 rings (SSSR count). The quantitative estimate of drug-likeness (QED) is 0.723. The Balaban J connectivity index is 1.78. The molecule has 2 aromatic heterocycles. The Hall–Kier alpha value is -2.13. The lowest BCUT2D eigenvalue weighted by Gasteiger charge is -2.22. The van der Waals surface area contributed by atoms with Crippen LogP contribution < -0.4 is 5.32 Å². The summed E-state index contributed by atoms with van der Waals surface area (Å²) in [6.45, 7) is 8.63. The third-order valence-electron chi connectivity index (χ3n) is 5.26. The molecule has 0 spiro atoms. The van der Waals surface area contributed by atoms with Gasteiger partial charge in [0.1, 0.15) is 0 Å². The van der Waals surface area contributed by atoms with Crippen molar-refractivity contribution in [3.05, 3.63) is 53.0 Å². The number of nitrogens with one attached hydrogen (secondary N) is 2. The molecule has 0 amide bonds. The number of hydrogen-bond donors (Lipinski definition) is 2. The van der Waals surface area contributed by atoms with E-state index in [1.807, 2.05) is 0 Å². The van der Waals surface area contributed by atoms with Gasteiger partial charge in [-0.3, -0.25) is 4.98 Å². The molecular formula is C21H25N3. The number of H-pyrrole nitrogens is 1. The van der Waals surface area contributed by atoms with E-state index in [1.54, 1.807) is 0 Å². The average Bonchev–Trinajstić information content (AvgIpc) is 2.91. The first-order valence-electron chi connectivity index (χ1n) is 8.90. The van der Waals surface area contributed by atoms with Gasteiger partial charge in [0, 0.05) is 33.9 Å². The van der Waals surface area contributed by atoms with Gasteiger partial charge in [-0.25, -0.2) is 0 Å². The van der Waals surface area contributed by atoms with E-state index in [9.17, 15) is 0 Å². The van der Waals surface area contributed by atoms with Crippen LogP contribution in [0.3, 0.4) is 0 Å². The van der Waals surface area contributed by atoms with Crippen LogP contribution in [0, 0.1) is 20.8 Å². The molecule has 1 fully saturated rings. The largest absolute Gasteiger partial charge is 0.358 e. The summed E-state index contributed by atoms with van der Waals surface area (Å²) in [6.07, 6.45) is 2.45. The molecule has 1 aromatic carbocycles. The van der Waals surface area contributed by atoms with Gasteiger partial charge in [-0.15, -0.1) is 0 Å². The number of pyridine rings is 1. The zero-order chi connectivity index (χ0) is 16.7. The molecule has 1 aliphatic heterocycles. The molecule has 3 nitrogen and oxygen atoms in total. The minimum Gasteiger partial charge on any atom is -0.358 e. The Kier molecular flexibility index (Phi) is 3.89. The van der Waals surface area contributed by atoms with Gasteiger partial charge in [-0.2, -0.15) is 0 Å². The fraction of sp³-hybridized carbons (Fsp3) is 0.381. The molecule has 1 aliphatic rings. The lowest BCUT2D eigenvalue weighted by atomic mass is 9.92. The predicted molar refractivity (Wildman–Crippen MR) is 101 cm³/mol. The van der Waals surface area contributed by atoms with Crippen molar-refractivity contribution in [2.75, 3.05) is 13.1 Å². The third kappa shape index (κ3) is 2.73. The van der Waals surface area contributed by atoms with Gasteiger partial charge in [-0.1, -0.05) is 12.1 Å². The first-order chi connectivity index (χ1) is 11.6. The number of aromatic nitrogens is 2. The molecule has 124 valence electrons. The Bertz CT molecular complexity index is 865. The number of rotatable bonds is 2. The summed E-state index contributed by atoms with van der Waals surface area (Å²) in [5.41, 5.74) is 8.76. The predicted octanol–water partition coefficient (Wildman–Crippen LogP) is 4.62. The highest BCUT2D eigenvalue weighted by Gasteiger charge is 2.20. The van der Waals surface area contributed by atoms with Crippen LogP contribution in [0.4, 0.5) is 0 Å². The molecule has 0 unspecified atom stereocenters. The molecule has 0 bridgehead atoms. The fourth-order valence-corrected chi connectivity index (χ4v) is 4.06. The normalized spacial score (nSPS) is 16.0. The summed E-state index contributed by atoms with van der Waals surface area (Å²) in [7, 11) is 0. The summed E-state index contributed by atoms with van der Waals surface area (Å²) in [4.78, 5) is 8.22. The van der Waals surface area contributed by atoms with Gasteiger partial charge >= 0.3 is 0 Å². The van der Waals surface area contributed by atoms with Crippen LogP contribution in [0.15, 0.2) is 30.3 Å². The molecule has 3 heteroatoms. The SMILES string of the molecule is Cc1cc(-c2ccc3c(C)c(C4CCNCC4)[nH]c3c2)cc(C)n1. The number of aryl methyl sites for hydroxylation is 3. The Morgan fingerprint density at radius 1 is 0.917 bits per heavy atom. The van der Waals surface area contributed by atoms with Gasteiger partial charge in [0.25, 0.3) is 0 Å². The zero-order valence-electron chi connectivity index (χ0n) is 14.7. The highest BCUT2D eigenvalue weighted by Crippen LogP contribution is 2.34. The highest BCUT2D eigenvalue weighted by atomic mass is 14.9. The molecule has 24 heavy (non-hydrogen) atoms. The van der Waals surface area contributed by atoms with Gasteiger partial charge in [-0.05, 0) is 81.6 Å². The third-order valence-corrected chi connectivity index (χ3v) is 5.26. The van der Waals surface area contributed by atoms with Crippen LogP contribution in [0.2, 0.25) is 0 Å². The van der Waals surface area contributed by atoms with E-state index in [4.69, 9.17) is 0 Å². The highest BCUT2D eigenvalue weighted by molar-refractivity contribution is 5.88. The maximum atomic E-state index is 4.49. The minimum atomic E-state index is 0.660. The van der Waals surface area contributed by atoms with E-state index >= 15 is 0 Å². The summed E-state index contributed by atoms with van der Waals surface area (Å²) < 4.78 is 0. The molecule has 0 atom stereocenters. The van der Waals surface area contributed by atoms with E-state index < -0.39 is 0 Å². The standard InChI is InChI=1S/C21H25N3/c1-13-10-18(11-14(2)23-13)17-4-5-19-15(3)21(24-20(19)12-17)16-6-8-22-9-7-16/h4-5,10-12,16,22,24H,6-9H2,1-3H3. The van der Waals surface area contributed by atoms with E-state index in [0.29, 0.717) is 5.92 Å². The minimum absolute atomic E-state index is 0.660.